The summed E-state index contributed by atoms with van der Waals surface area (Å²) in [4.78, 5) is 22.3. The highest BCUT2D eigenvalue weighted by Gasteiger charge is 2.27. The number of hydrogen-bond acceptors (Lipinski definition) is 2. The van der Waals surface area contributed by atoms with E-state index in [2.05, 4.69) is 5.32 Å². The smallest absolute Gasteiger partial charge is 0.303 e. The highest BCUT2D eigenvalue weighted by Crippen LogP contribution is 2.25. The van der Waals surface area contributed by atoms with Crippen LogP contribution in [0.25, 0.3) is 0 Å². The van der Waals surface area contributed by atoms with Crippen molar-refractivity contribution in [1.82, 2.24) is 5.32 Å². The molecule has 16 heavy (non-hydrogen) atoms. The van der Waals surface area contributed by atoms with Crippen LogP contribution >= 0.6 is 0 Å². The third-order valence-electron chi connectivity index (χ3n) is 2.63. The lowest BCUT2D eigenvalue weighted by Gasteiger charge is -2.28. The maximum Gasteiger partial charge on any atom is 0.303 e. The molecule has 0 fully saturated rings. The minimum Gasteiger partial charge on any atom is -0.481 e. The van der Waals surface area contributed by atoms with Gasteiger partial charge in [0.15, 0.2) is 0 Å². The minimum atomic E-state index is -0.868. The van der Waals surface area contributed by atoms with Gasteiger partial charge in [-0.15, -0.1) is 0 Å². The third kappa shape index (κ3) is 6.43. The highest BCUT2D eigenvalue weighted by molar-refractivity contribution is 5.78. The normalized spacial score (nSPS) is 12.3. The molecule has 4 nitrogen and oxygen atoms in total. The van der Waals surface area contributed by atoms with E-state index in [1.807, 2.05) is 20.8 Å². The molecule has 4 heteroatoms. The zero-order chi connectivity index (χ0) is 13.0. The Labute approximate surface area is 97.4 Å². The second-order valence-electron chi connectivity index (χ2n) is 5.70. The first kappa shape index (κ1) is 14.9. The van der Waals surface area contributed by atoms with E-state index >= 15 is 0 Å². The van der Waals surface area contributed by atoms with E-state index in [1.54, 1.807) is 13.8 Å². The summed E-state index contributed by atoms with van der Waals surface area (Å²) < 4.78 is 0. The van der Waals surface area contributed by atoms with Crippen LogP contribution in [0.1, 0.15) is 53.9 Å². The molecule has 0 atom stereocenters. The van der Waals surface area contributed by atoms with E-state index in [9.17, 15) is 9.59 Å². The molecule has 0 bridgehead atoms. The van der Waals surface area contributed by atoms with Gasteiger partial charge in [0.05, 0.1) is 6.42 Å². The van der Waals surface area contributed by atoms with E-state index < -0.39 is 11.4 Å². The fraction of sp³-hybridized carbons (Fsp3) is 0.833. The maximum absolute atomic E-state index is 11.7. The van der Waals surface area contributed by atoms with E-state index in [4.69, 9.17) is 5.11 Å². The number of carbonyl (C=O) groups is 2. The lowest BCUT2D eigenvalue weighted by Crippen LogP contribution is -2.44. The summed E-state index contributed by atoms with van der Waals surface area (Å²) in [6.45, 7) is 9.49. The van der Waals surface area contributed by atoms with Gasteiger partial charge in [-0.05, 0) is 25.7 Å². The zero-order valence-corrected chi connectivity index (χ0v) is 10.9. The standard InChI is InChI=1S/C12H23NO3/c1-6-12(4,5)13-9(14)7-11(2,3)8-10(15)16/h6-8H2,1-5H3,(H,13,14)(H,15,16). The van der Waals surface area contributed by atoms with Crippen LogP contribution in [-0.4, -0.2) is 22.5 Å². The number of aliphatic carboxylic acids is 1. The molecule has 0 aromatic heterocycles. The summed E-state index contributed by atoms with van der Waals surface area (Å²) in [7, 11) is 0. The summed E-state index contributed by atoms with van der Waals surface area (Å²) in [5.41, 5.74) is -0.726. The molecule has 0 aromatic rings. The Bertz CT molecular complexity index is 269. The Morgan fingerprint density at radius 3 is 2.00 bits per heavy atom. The molecule has 0 heterocycles. The number of carboxylic acid groups (broad SMARTS) is 1. The van der Waals surface area contributed by atoms with Crippen LogP contribution in [0.2, 0.25) is 0 Å². The number of nitrogens with one attached hydrogen (secondary N) is 1. The fourth-order valence-corrected chi connectivity index (χ4v) is 1.42. The zero-order valence-electron chi connectivity index (χ0n) is 10.9. The van der Waals surface area contributed by atoms with Gasteiger partial charge in [-0.2, -0.15) is 0 Å². The Hall–Kier alpha value is -1.06. The average Bonchev–Trinajstić information content (AvgIpc) is 1.98. The van der Waals surface area contributed by atoms with Crippen molar-refractivity contribution in [2.24, 2.45) is 5.41 Å². The number of rotatable bonds is 6. The van der Waals surface area contributed by atoms with Crippen molar-refractivity contribution in [3.63, 3.8) is 0 Å². The average molecular weight is 229 g/mol. The van der Waals surface area contributed by atoms with Gasteiger partial charge in [0.1, 0.15) is 0 Å². The molecule has 0 spiro atoms. The first-order valence-electron chi connectivity index (χ1n) is 5.61. The monoisotopic (exact) mass is 229 g/mol. The molecule has 94 valence electrons. The molecule has 0 radical (unpaired) electrons. The van der Waals surface area contributed by atoms with Crippen molar-refractivity contribution >= 4 is 11.9 Å². The molecule has 0 saturated heterocycles. The predicted molar refractivity (Wildman–Crippen MR) is 63.2 cm³/mol. The molecular formula is C12H23NO3. The van der Waals surface area contributed by atoms with E-state index in [1.165, 1.54) is 0 Å². The number of amides is 1. The van der Waals surface area contributed by atoms with Gasteiger partial charge in [0, 0.05) is 12.0 Å². The number of carbonyl (C=O) groups excluding carboxylic acids is 1. The Balaban J connectivity index is 4.29. The summed E-state index contributed by atoms with van der Waals surface area (Å²) in [5.74, 6) is -0.953. The molecule has 0 saturated carbocycles. The van der Waals surface area contributed by atoms with Crippen molar-refractivity contribution in [2.45, 2.75) is 59.4 Å². The topological polar surface area (TPSA) is 66.4 Å². The van der Waals surface area contributed by atoms with Crippen molar-refractivity contribution in [3.05, 3.63) is 0 Å². The molecule has 2 N–H and O–H groups in total. The van der Waals surface area contributed by atoms with Gasteiger partial charge in [-0.25, -0.2) is 0 Å². The fourth-order valence-electron chi connectivity index (χ4n) is 1.42. The van der Waals surface area contributed by atoms with Crippen molar-refractivity contribution in [3.8, 4) is 0 Å². The quantitative estimate of drug-likeness (QED) is 0.733. The van der Waals surface area contributed by atoms with Crippen molar-refractivity contribution in [2.75, 3.05) is 0 Å². The van der Waals surface area contributed by atoms with Crippen molar-refractivity contribution in [1.29, 1.82) is 0 Å². The largest absolute Gasteiger partial charge is 0.481 e. The SMILES string of the molecule is CCC(C)(C)NC(=O)CC(C)(C)CC(=O)O. The van der Waals surface area contributed by atoms with Crippen LogP contribution in [0.15, 0.2) is 0 Å². The van der Waals surface area contributed by atoms with Crippen LogP contribution in [0.3, 0.4) is 0 Å². The Morgan fingerprint density at radius 2 is 1.62 bits per heavy atom. The molecule has 1 amide bonds. The van der Waals surface area contributed by atoms with Gasteiger partial charge < -0.3 is 10.4 Å². The molecule has 0 rings (SSSR count). The predicted octanol–water partition coefficient (Wildman–Crippen LogP) is 2.18. The molecular weight excluding hydrogens is 206 g/mol. The number of carboxylic acids is 1. The summed E-state index contributed by atoms with van der Waals surface area (Å²) >= 11 is 0. The first-order chi connectivity index (χ1) is 7.08. The first-order valence-corrected chi connectivity index (χ1v) is 5.61. The summed E-state index contributed by atoms with van der Waals surface area (Å²) in [6, 6.07) is 0. The second-order valence-corrected chi connectivity index (χ2v) is 5.70. The highest BCUT2D eigenvalue weighted by atomic mass is 16.4. The van der Waals surface area contributed by atoms with Crippen LogP contribution in [0.5, 0.6) is 0 Å². The second kappa shape index (κ2) is 5.32. The lowest BCUT2D eigenvalue weighted by molar-refractivity contribution is -0.139. The maximum atomic E-state index is 11.7. The minimum absolute atomic E-state index is 0.00692. The third-order valence-corrected chi connectivity index (χ3v) is 2.63. The molecule has 0 aromatic carbocycles. The van der Waals surface area contributed by atoms with Crippen LogP contribution in [-0.2, 0) is 9.59 Å². The van der Waals surface area contributed by atoms with Gasteiger partial charge in [-0.1, -0.05) is 20.8 Å². The Kier molecular flexibility index (Phi) is 4.97. The van der Waals surface area contributed by atoms with E-state index in [-0.39, 0.29) is 24.3 Å². The van der Waals surface area contributed by atoms with Crippen LogP contribution in [0.4, 0.5) is 0 Å². The molecule has 0 aliphatic carbocycles. The van der Waals surface area contributed by atoms with Crippen LogP contribution < -0.4 is 5.32 Å². The van der Waals surface area contributed by atoms with E-state index in [0.717, 1.165) is 6.42 Å². The Morgan fingerprint density at radius 1 is 1.12 bits per heavy atom. The van der Waals surface area contributed by atoms with Gasteiger partial charge in [-0.3, -0.25) is 9.59 Å². The summed E-state index contributed by atoms with van der Waals surface area (Å²) in [5, 5.41) is 11.6. The number of hydrogen-bond donors (Lipinski definition) is 2. The van der Waals surface area contributed by atoms with Gasteiger partial charge in [0.2, 0.25) is 5.91 Å². The van der Waals surface area contributed by atoms with Crippen LogP contribution in [0, 0.1) is 5.41 Å². The van der Waals surface area contributed by atoms with Gasteiger partial charge in [0.25, 0.3) is 0 Å². The molecule has 0 aliphatic rings. The van der Waals surface area contributed by atoms with E-state index in [0.29, 0.717) is 0 Å². The lowest BCUT2D eigenvalue weighted by atomic mass is 9.85. The molecule has 0 aliphatic heterocycles. The summed E-state index contributed by atoms with van der Waals surface area (Å²) in [6.07, 6.45) is 1.09. The molecule has 0 unspecified atom stereocenters. The van der Waals surface area contributed by atoms with Crippen molar-refractivity contribution < 1.29 is 14.7 Å². The van der Waals surface area contributed by atoms with Gasteiger partial charge >= 0.3 is 5.97 Å².